The maximum Gasteiger partial charge on any atom is 0.0174 e. The predicted octanol–water partition coefficient (Wildman–Crippen LogP) is 2.41. The maximum atomic E-state index is 5.46. The normalized spacial score (nSPS) is 12.5. The first-order valence-electron chi connectivity index (χ1n) is 3.95. The Kier molecular flexibility index (Phi) is 5.49. The van der Waals surface area contributed by atoms with Gasteiger partial charge in [0.15, 0.2) is 0 Å². The first-order valence-corrected chi connectivity index (χ1v) is 3.95. The van der Waals surface area contributed by atoms with Gasteiger partial charge in [0.1, 0.15) is 0 Å². The fraction of sp³-hybridized carbons (Fsp3) is 0.400. The summed E-state index contributed by atoms with van der Waals surface area (Å²) in [5, 5.41) is 0. The Bertz CT molecular complexity index is 175. The fourth-order valence-electron chi connectivity index (χ4n) is 0.625. The number of hydrogen-bond acceptors (Lipinski definition) is 1. The van der Waals surface area contributed by atoms with E-state index in [1.54, 1.807) is 0 Å². The summed E-state index contributed by atoms with van der Waals surface area (Å²) < 4.78 is 0. The molecule has 0 heterocycles. The van der Waals surface area contributed by atoms with E-state index in [4.69, 9.17) is 5.73 Å². The van der Waals surface area contributed by atoms with Crippen LogP contribution in [0.2, 0.25) is 0 Å². The summed E-state index contributed by atoms with van der Waals surface area (Å²) in [4.78, 5) is 0. The molecule has 0 saturated heterocycles. The molecule has 1 heteroatoms. The Hall–Kier alpha value is -0.820. The van der Waals surface area contributed by atoms with E-state index in [9.17, 15) is 0 Å². The van der Waals surface area contributed by atoms with Crippen molar-refractivity contribution in [2.24, 2.45) is 5.73 Å². The largest absolute Gasteiger partial charge is 0.327 e. The SMILES string of the molecule is C=C(/C=C\C(=C/C)CN)CC. The number of allylic oxidation sites excluding steroid dienone is 3. The van der Waals surface area contributed by atoms with Gasteiger partial charge in [0.25, 0.3) is 0 Å². The van der Waals surface area contributed by atoms with Crippen LogP contribution >= 0.6 is 0 Å². The fourth-order valence-corrected chi connectivity index (χ4v) is 0.625. The summed E-state index contributed by atoms with van der Waals surface area (Å²) in [6, 6.07) is 0. The van der Waals surface area contributed by atoms with E-state index in [0.29, 0.717) is 6.54 Å². The van der Waals surface area contributed by atoms with Crippen LogP contribution in [0.3, 0.4) is 0 Å². The van der Waals surface area contributed by atoms with Gasteiger partial charge in [-0.2, -0.15) is 0 Å². The van der Waals surface area contributed by atoms with Crippen LogP contribution in [0.25, 0.3) is 0 Å². The Morgan fingerprint density at radius 3 is 2.45 bits per heavy atom. The van der Waals surface area contributed by atoms with E-state index in [2.05, 4.69) is 13.5 Å². The van der Waals surface area contributed by atoms with E-state index in [1.807, 2.05) is 25.2 Å². The van der Waals surface area contributed by atoms with Gasteiger partial charge in [-0.25, -0.2) is 0 Å². The zero-order valence-corrected chi connectivity index (χ0v) is 7.43. The van der Waals surface area contributed by atoms with Crippen molar-refractivity contribution in [2.45, 2.75) is 20.3 Å². The number of rotatable bonds is 4. The lowest BCUT2D eigenvalue weighted by Gasteiger charge is -1.95. The highest BCUT2D eigenvalue weighted by Crippen LogP contribution is 2.01. The van der Waals surface area contributed by atoms with Crippen molar-refractivity contribution in [1.29, 1.82) is 0 Å². The molecule has 0 saturated carbocycles. The Labute approximate surface area is 69.3 Å². The van der Waals surface area contributed by atoms with E-state index in [0.717, 1.165) is 17.6 Å². The van der Waals surface area contributed by atoms with Crippen molar-refractivity contribution in [3.05, 3.63) is 36.0 Å². The summed E-state index contributed by atoms with van der Waals surface area (Å²) in [5.41, 5.74) is 7.75. The van der Waals surface area contributed by atoms with E-state index >= 15 is 0 Å². The average Bonchev–Trinajstić information content (AvgIpc) is 2.06. The van der Waals surface area contributed by atoms with Crippen LogP contribution in [-0.4, -0.2) is 6.54 Å². The Balaban J connectivity index is 4.00. The van der Waals surface area contributed by atoms with Crippen LogP contribution in [0.5, 0.6) is 0 Å². The molecule has 0 aromatic carbocycles. The highest BCUT2D eigenvalue weighted by Gasteiger charge is 1.85. The monoisotopic (exact) mass is 151 g/mol. The molecule has 11 heavy (non-hydrogen) atoms. The second-order valence-corrected chi connectivity index (χ2v) is 2.41. The van der Waals surface area contributed by atoms with Gasteiger partial charge in [-0.05, 0) is 18.9 Å². The topological polar surface area (TPSA) is 26.0 Å². The van der Waals surface area contributed by atoms with Crippen molar-refractivity contribution in [3.8, 4) is 0 Å². The molecule has 0 rings (SSSR count). The molecule has 62 valence electrons. The smallest absolute Gasteiger partial charge is 0.0174 e. The minimum atomic E-state index is 0.601. The van der Waals surface area contributed by atoms with Crippen molar-refractivity contribution in [3.63, 3.8) is 0 Å². The van der Waals surface area contributed by atoms with Crippen molar-refractivity contribution < 1.29 is 0 Å². The summed E-state index contributed by atoms with van der Waals surface area (Å²) in [5.74, 6) is 0. The maximum absolute atomic E-state index is 5.46. The zero-order chi connectivity index (χ0) is 8.69. The third-order valence-corrected chi connectivity index (χ3v) is 1.59. The van der Waals surface area contributed by atoms with Crippen LogP contribution in [-0.2, 0) is 0 Å². The van der Waals surface area contributed by atoms with Crippen LogP contribution in [0.4, 0.5) is 0 Å². The molecular weight excluding hydrogens is 134 g/mol. The lowest BCUT2D eigenvalue weighted by atomic mass is 10.1. The summed E-state index contributed by atoms with van der Waals surface area (Å²) >= 11 is 0. The van der Waals surface area contributed by atoms with Gasteiger partial charge in [0.05, 0.1) is 0 Å². The molecule has 0 fully saturated rings. The lowest BCUT2D eigenvalue weighted by molar-refractivity contribution is 1.14. The van der Waals surface area contributed by atoms with E-state index < -0.39 is 0 Å². The molecule has 0 amide bonds. The molecule has 0 radical (unpaired) electrons. The molecular formula is C10H17N. The van der Waals surface area contributed by atoms with Gasteiger partial charge in [-0.15, -0.1) is 0 Å². The second-order valence-electron chi connectivity index (χ2n) is 2.41. The van der Waals surface area contributed by atoms with Crippen LogP contribution in [0.15, 0.2) is 36.0 Å². The minimum Gasteiger partial charge on any atom is -0.327 e. The number of nitrogens with two attached hydrogens (primary N) is 1. The highest BCUT2D eigenvalue weighted by atomic mass is 14.5. The molecule has 0 aliphatic rings. The van der Waals surface area contributed by atoms with Gasteiger partial charge < -0.3 is 5.73 Å². The predicted molar refractivity (Wildman–Crippen MR) is 51.4 cm³/mol. The molecule has 0 bridgehead atoms. The van der Waals surface area contributed by atoms with Crippen molar-refractivity contribution >= 4 is 0 Å². The highest BCUT2D eigenvalue weighted by molar-refractivity contribution is 5.26. The van der Waals surface area contributed by atoms with E-state index in [1.165, 1.54) is 0 Å². The third kappa shape index (κ3) is 4.57. The van der Waals surface area contributed by atoms with Gasteiger partial charge in [-0.1, -0.05) is 37.3 Å². The van der Waals surface area contributed by atoms with Gasteiger partial charge in [0, 0.05) is 6.54 Å². The molecule has 1 nitrogen and oxygen atoms in total. The molecule has 2 N–H and O–H groups in total. The quantitative estimate of drug-likeness (QED) is 0.613. The van der Waals surface area contributed by atoms with Gasteiger partial charge in [-0.3, -0.25) is 0 Å². The first-order chi connectivity index (χ1) is 5.24. The zero-order valence-electron chi connectivity index (χ0n) is 7.43. The third-order valence-electron chi connectivity index (χ3n) is 1.59. The molecule has 0 aromatic rings. The van der Waals surface area contributed by atoms with Crippen LogP contribution in [0, 0.1) is 0 Å². The summed E-state index contributed by atoms with van der Waals surface area (Å²) in [7, 11) is 0. The minimum absolute atomic E-state index is 0.601. The molecule has 0 aromatic heterocycles. The average molecular weight is 151 g/mol. The summed E-state index contributed by atoms with van der Waals surface area (Å²) in [6.45, 7) is 8.54. The standard InChI is InChI=1S/C10H17N/c1-4-9(3)6-7-10(5-2)8-11/h5-7H,3-4,8,11H2,1-2H3/b7-6-,10-5+. The Morgan fingerprint density at radius 2 is 2.09 bits per heavy atom. The molecule has 0 unspecified atom stereocenters. The van der Waals surface area contributed by atoms with Gasteiger partial charge >= 0.3 is 0 Å². The van der Waals surface area contributed by atoms with Crippen LogP contribution < -0.4 is 5.73 Å². The molecule has 0 aliphatic carbocycles. The lowest BCUT2D eigenvalue weighted by Crippen LogP contribution is -2.00. The molecule has 0 spiro atoms. The first kappa shape index (κ1) is 10.2. The molecule has 0 atom stereocenters. The van der Waals surface area contributed by atoms with Crippen molar-refractivity contribution in [1.82, 2.24) is 0 Å². The number of hydrogen-bond donors (Lipinski definition) is 1. The Morgan fingerprint density at radius 1 is 1.45 bits per heavy atom. The van der Waals surface area contributed by atoms with Crippen molar-refractivity contribution in [2.75, 3.05) is 6.54 Å². The second kappa shape index (κ2) is 5.93. The molecule has 0 aliphatic heterocycles. The van der Waals surface area contributed by atoms with Crippen LogP contribution in [0.1, 0.15) is 20.3 Å². The van der Waals surface area contributed by atoms with Gasteiger partial charge in [0.2, 0.25) is 0 Å². The summed E-state index contributed by atoms with van der Waals surface area (Å²) in [6.07, 6.45) is 7.05. The van der Waals surface area contributed by atoms with E-state index in [-0.39, 0.29) is 0 Å².